The third-order valence-corrected chi connectivity index (χ3v) is 3.64. The van der Waals surface area contributed by atoms with Crippen molar-refractivity contribution in [3.8, 4) is 5.75 Å². The number of anilines is 3. The van der Waals surface area contributed by atoms with Crippen LogP contribution in [0.15, 0.2) is 54.6 Å². The highest BCUT2D eigenvalue weighted by Crippen LogP contribution is 2.27. The van der Waals surface area contributed by atoms with Crippen molar-refractivity contribution in [2.24, 2.45) is 0 Å². The Balaban J connectivity index is 1.72. The van der Waals surface area contributed by atoms with Crippen molar-refractivity contribution >= 4 is 23.2 Å². The topological polar surface area (TPSA) is 76.1 Å². The summed E-state index contributed by atoms with van der Waals surface area (Å²) in [6, 6.07) is 14.7. The molecule has 7 heteroatoms. The van der Waals surface area contributed by atoms with Crippen LogP contribution < -0.4 is 15.4 Å². The lowest BCUT2D eigenvalue weighted by Crippen LogP contribution is -2.15. The van der Waals surface area contributed by atoms with Crippen LogP contribution in [0.1, 0.15) is 15.9 Å². The molecule has 0 aliphatic carbocycles. The fourth-order valence-corrected chi connectivity index (χ4v) is 2.35. The van der Waals surface area contributed by atoms with Crippen molar-refractivity contribution < 1.29 is 13.9 Å². The summed E-state index contributed by atoms with van der Waals surface area (Å²) in [6.07, 6.45) is 0. The van der Waals surface area contributed by atoms with Gasteiger partial charge in [-0.2, -0.15) is 0 Å². The summed E-state index contributed by atoms with van der Waals surface area (Å²) in [5.74, 6) is 0.202. The predicted octanol–water partition coefficient (Wildman–Crippen LogP) is 3.93. The Morgan fingerprint density at radius 2 is 1.77 bits per heavy atom. The third-order valence-electron chi connectivity index (χ3n) is 3.64. The number of carbonyl (C=O) groups is 1. The quantitative estimate of drug-likeness (QED) is 0.728. The molecule has 0 aliphatic rings. The van der Waals surface area contributed by atoms with E-state index in [2.05, 4.69) is 20.8 Å². The molecular weight excluding hydrogens is 335 g/mol. The minimum absolute atomic E-state index is 0.0546. The first-order valence-electron chi connectivity index (χ1n) is 7.88. The van der Waals surface area contributed by atoms with Gasteiger partial charge in [0.05, 0.1) is 18.4 Å². The number of halogens is 1. The summed E-state index contributed by atoms with van der Waals surface area (Å²) in [5.41, 5.74) is 1.76. The molecule has 0 atom stereocenters. The van der Waals surface area contributed by atoms with Crippen LogP contribution in [0.5, 0.6) is 5.75 Å². The van der Waals surface area contributed by atoms with Gasteiger partial charge >= 0.3 is 0 Å². The van der Waals surface area contributed by atoms with Gasteiger partial charge in [-0.25, -0.2) is 4.39 Å². The highest BCUT2D eigenvalue weighted by Gasteiger charge is 2.12. The smallest absolute Gasteiger partial charge is 0.259 e. The normalized spacial score (nSPS) is 10.3. The van der Waals surface area contributed by atoms with E-state index in [-0.39, 0.29) is 11.4 Å². The first-order valence-corrected chi connectivity index (χ1v) is 7.88. The molecule has 0 bridgehead atoms. The zero-order valence-corrected chi connectivity index (χ0v) is 14.3. The summed E-state index contributed by atoms with van der Waals surface area (Å²) < 4.78 is 18.9. The number of nitrogens with zero attached hydrogens (tertiary/aromatic N) is 2. The lowest BCUT2D eigenvalue weighted by atomic mass is 10.2. The van der Waals surface area contributed by atoms with Crippen molar-refractivity contribution in [3.05, 3.63) is 71.5 Å². The Kier molecular flexibility index (Phi) is 5.07. The van der Waals surface area contributed by atoms with Crippen LogP contribution in [0.3, 0.4) is 0 Å². The molecule has 0 radical (unpaired) electrons. The van der Waals surface area contributed by atoms with Crippen LogP contribution in [-0.4, -0.2) is 23.2 Å². The SMILES string of the molecule is COc1ccc(C)cc1Nc1ccc(NC(=O)c2ccccc2F)nn1. The molecule has 1 aromatic heterocycles. The van der Waals surface area contributed by atoms with E-state index in [1.807, 2.05) is 25.1 Å². The second kappa shape index (κ2) is 7.60. The fraction of sp³-hybridized carbons (Fsp3) is 0.105. The highest BCUT2D eigenvalue weighted by molar-refractivity contribution is 6.03. The molecule has 26 heavy (non-hydrogen) atoms. The van der Waals surface area contributed by atoms with Crippen LogP contribution >= 0.6 is 0 Å². The Morgan fingerprint density at radius 3 is 2.46 bits per heavy atom. The number of benzene rings is 2. The molecular formula is C19H17FN4O2. The van der Waals surface area contributed by atoms with Gasteiger partial charge in [0.1, 0.15) is 11.6 Å². The van der Waals surface area contributed by atoms with Gasteiger partial charge < -0.3 is 15.4 Å². The van der Waals surface area contributed by atoms with Crippen LogP contribution in [0.25, 0.3) is 0 Å². The summed E-state index contributed by atoms with van der Waals surface area (Å²) in [6.45, 7) is 1.97. The first kappa shape index (κ1) is 17.3. The number of methoxy groups -OCH3 is 1. The molecule has 6 nitrogen and oxygen atoms in total. The number of hydrogen-bond acceptors (Lipinski definition) is 5. The Labute approximate surface area is 150 Å². The maximum atomic E-state index is 13.6. The minimum atomic E-state index is -0.595. The number of amides is 1. The molecule has 2 aromatic carbocycles. The van der Waals surface area contributed by atoms with E-state index in [1.54, 1.807) is 25.3 Å². The average molecular weight is 352 g/mol. The van der Waals surface area contributed by atoms with Crippen LogP contribution in [0, 0.1) is 12.7 Å². The molecule has 132 valence electrons. The lowest BCUT2D eigenvalue weighted by molar-refractivity contribution is 0.102. The van der Waals surface area contributed by atoms with Gasteiger partial charge in [0.15, 0.2) is 11.6 Å². The van der Waals surface area contributed by atoms with E-state index in [0.29, 0.717) is 11.6 Å². The molecule has 0 unspecified atom stereocenters. The second-order valence-electron chi connectivity index (χ2n) is 5.57. The van der Waals surface area contributed by atoms with Crippen LogP contribution in [-0.2, 0) is 0 Å². The Bertz CT molecular complexity index is 929. The van der Waals surface area contributed by atoms with Crippen molar-refractivity contribution in [2.45, 2.75) is 6.92 Å². The number of carbonyl (C=O) groups excluding carboxylic acids is 1. The first-order chi connectivity index (χ1) is 12.6. The molecule has 1 heterocycles. The second-order valence-corrected chi connectivity index (χ2v) is 5.57. The highest BCUT2D eigenvalue weighted by atomic mass is 19.1. The van der Waals surface area contributed by atoms with E-state index >= 15 is 0 Å². The predicted molar refractivity (Wildman–Crippen MR) is 97.4 cm³/mol. The van der Waals surface area contributed by atoms with E-state index in [9.17, 15) is 9.18 Å². The number of nitrogens with one attached hydrogen (secondary N) is 2. The maximum Gasteiger partial charge on any atom is 0.259 e. The van der Waals surface area contributed by atoms with E-state index in [0.717, 1.165) is 11.3 Å². The molecule has 0 fully saturated rings. The minimum Gasteiger partial charge on any atom is -0.495 e. The molecule has 0 spiro atoms. The summed E-state index contributed by atoms with van der Waals surface area (Å²) in [7, 11) is 1.59. The van der Waals surface area contributed by atoms with Gasteiger partial charge in [0.25, 0.3) is 5.91 Å². The van der Waals surface area contributed by atoms with E-state index < -0.39 is 11.7 Å². The number of hydrogen-bond donors (Lipinski definition) is 2. The molecule has 0 aliphatic heterocycles. The zero-order chi connectivity index (χ0) is 18.5. The standard InChI is InChI=1S/C19H17FN4O2/c1-12-7-8-16(26-2)15(11-12)21-17-9-10-18(24-23-17)22-19(25)13-5-3-4-6-14(13)20/h3-11H,1-2H3,(H,21,23)(H,22,24,25). The number of ether oxygens (including phenoxy) is 1. The molecule has 0 saturated heterocycles. The fourth-order valence-electron chi connectivity index (χ4n) is 2.35. The van der Waals surface area contributed by atoms with Crippen molar-refractivity contribution in [3.63, 3.8) is 0 Å². The summed E-state index contributed by atoms with van der Waals surface area (Å²) in [4.78, 5) is 12.1. The summed E-state index contributed by atoms with van der Waals surface area (Å²) in [5, 5.41) is 13.6. The third kappa shape index (κ3) is 3.94. The summed E-state index contributed by atoms with van der Waals surface area (Å²) >= 11 is 0. The number of aromatic nitrogens is 2. The van der Waals surface area contributed by atoms with Gasteiger partial charge in [0, 0.05) is 0 Å². The van der Waals surface area contributed by atoms with Gasteiger partial charge in [-0.15, -0.1) is 10.2 Å². The van der Waals surface area contributed by atoms with Crippen LogP contribution in [0.2, 0.25) is 0 Å². The molecule has 2 N–H and O–H groups in total. The maximum absolute atomic E-state index is 13.6. The van der Waals surface area contributed by atoms with Crippen molar-refractivity contribution in [2.75, 3.05) is 17.7 Å². The number of aryl methyl sites for hydroxylation is 1. The van der Waals surface area contributed by atoms with Crippen molar-refractivity contribution in [1.82, 2.24) is 10.2 Å². The van der Waals surface area contributed by atoms with Crippen molar-refractivity contribution in [1.29, 1.82) is 0 Å². The van der Waals surface area contributed by atoms with Gasteiger partial charge in [0.2, 0.25) is 0 Å². The monoisotopic (exact) mass is 352 g/mol. The van der Waals surface area contributed by atoms with E-state index in [4.69, 9.17) is 4.74 Å². The van der Waals surface area contributed by atoms with Gasteiger partial charge in [-0.05, 0) is 48.9 Å². The zero-order valence-electron chi connectivity index (χ0n) is 14.3. The molecule has 0 saturated carbocycles. The Hall–Kier alpha value is -3.48. The molecule has 3 rings (SSSR count). The van der Waals surface area contributed by atoms with E-state index in [1.165, 1.54) is 18.2 Å². The van der Waals surface area contributed by atoms with Gasteiger partial charge in [-0.3, -0.25) is 4.79 Å². The van der Waals surface area contributed by atoms with Gasteiger partial charge in [-0.1, -0.05) is 18.2 Å². The average Bonchev–Trinajstić information content (AvgIpc) is 2.64. The Morgan fingerprint density at radius 1 is 1.04 bits per heavy atom. The molecule has 1 amide bonds. The van der Waals surface area contributed by atoms with Crippen LogP contribution in [0.4, 0.5) is 21.7 Å². The number of rotatable bonds is 5. The largest absolute Gasteiger partial charge is 0.495 e. The molecule has 3 aromatic rings. The lowest BCUT2D eigenvalue weighted by Gasteiger charge is -2.11.